The molecule has 0 aromatic heterocycles. The van der Waals surface area contributed by atoms with E-state index in [0.29, 0.717) is 5.56 Å². The van der Waals surface area contributed by atoms with Gasteiger partial charge in [0.05, 0.1) is 5.41 Å². The number of aliphatic carboxylic acids is 1. The molecule has 0 fully saturated rings. The van der Waals surface area contributed by atoms with Crippen molar-refractivity contribution in [2.75, 3.05) is 0 Å². The highest BCUT2D eigenvalue weighted by Crippen LogP contribution is 2.28. The molecule has 0 saturated heterocycles. The maximum atomic E-state index is 12.9. The lowest BCUT2D eigenvalue weighted by Crippen LogP contribution is -2.28. The zero-order chi connectivity index (χ0) is 12.3. The first-order valence-corrected chi connectivity index (χ1v) is 5.07. The zero-order valence-electron chi connectivity index (χ0n) is 9.40. The molecule has 1 unspecified atom stereocenters. The largest absolute Gasteiger partial charge is 0.481 e. The van der Waals surface area contributed by atoms with Crippen molar-refractivity contribution < 1.29 is 14.3 Å². The van der Waals surface area contributed by atoms with E-state index in [-0.39, 0.29) is 12.2 Å². The van der Waals surface area contributed by atoms with Crippen LogP contribution in [0.15, 0.2) is 24.3 Å². The monoisotopic (exact) mass is 225 g/mol. The summed E-state index contributed by atoms with van der Waals surface area (Å²) in [6.07, 6.45) is 0.270. The van der Waals surface area contributed by atoms with Crippen LogP contribution in [0.3, 0.4) is 0 Å². The van der Waals surface area contributed by atoms with Crippen molar-refractivity contribution in [3.05, 3.63) is 35.6 Å². The summed E-state index contributed by atoms with van der Waals surface area (Å²) >= 11 is 0. The van der Waals surface area contributed by atoms with E-state index < -0.39 is 17.4 Å². The van der Waals surface area contributed by atoms with Crippen LogP contribution in [0.2, 0.25) is 0 Å². The van der Waals surface area contributed by atoms with Gasteiger partial charge in [0, 0.05) is 6.04 Å². The highest BCUT2D eigenvalue weighted by molar-refractivity contribution is 5.73. The molecule has 0 aliphatic carbocycles. The Morgan fingerprint density at radius 2 is 2.19 bits per heavy atom. The van der Waals surface area contributed by atoms with Crippen LogP contribution in [-0.4, -0.2) is 11.1 Å². The highest BCUT2D eigenvalue weighted by Gasteiger charge is 2.29. The summed E-state index contributed by atoms with van der Waals surface area (Å²) in [5.74, 6) is -1.26. The van der Waals surface area contributed by atoms with Gasteiger partial charge in [0.2, 0.25) is 0 Å². The molecule has 4 heteroatoms. The summed E-state index contributed by atoms with van der Waals surface area (Å²) in [4.78, 5) is 10.9. The molecule has 0 saturated carbocycles. The van der Waals surface area contributed by atoms with E-state index in [1.54, 1.807) is 26.0 Å². The minimum absolute atomic E-state index is 0.270. The van der Waals surface area contributed by atoms with Gasteiger partial charge < -0.3 is 10.8 Å². The van der Waals surface area contributed by atoms with Gasteiger partial charge in [-0.1, -0.05) is 12.1 Å². The standard InChI is InChI=1S/C12H16FNO2/c1-12(2,11(15)16)7-10(14)8-4-3-5-9(13)6-8/h3-6,10H,7,14H2,1-2H3,(H,15,16). The van der Waals surface area contributed by atoms with E-state index >= 15 is 0 Å². The van der Waals surface area contributed by atoms with Crippen LogP contribution in [0.5, 0.6) is 0 Å². The first-order chi connectivity index (χ1) is 7.33. The number of benzene rings is 1. The fraction of sp³-hybridized carbons (Fsp3) is 0.417. The number of halogens is 1. The minimum atomic E-state index is -0.911. The Labute approximate surface area is 94.1 Å². The van der Waals surface area contributed by atoms with Crippen molar-refractivity contribution in [3.63, 3.8) is 0 Å². The summed E-state index contributed by atoms with van der Waals surface area (Å²) in [5.41, 5.74) is 5.57. The third-order valence-electron chi connectivity index (χ3n) is 2.59. The lowest BCUT2D eigenvalue weighted by molar-refractivity contribution is -0.147. The SMILES string of the molecule is CC(C)(CC(N)c1cccc(F)c1)C(=O)O. The average Bonchev–Trinajstić information content (AvgIpc) is 2.16. The van der Waals surface area contributed by atoms with E-state index in [9.17, 15) is 9.18 Å². The van der Waals surface area contributed by atoms with E-state index in [4.69, 9.17) is 10.8 Å². The summed E-state index contributed by atoms with van der Waals surface area (Å²) in [6, 6.07) is 5.47. The quantitative estimate of drug-likeness (QED) is 0.826. The van der Waals surface area contributed by atoms with Gasteiger partial charge in [0.15, 0.2) is 0 Å². The fourth-order valence-electron chi connectivity index (χ4n) is 1.49. The molecule has 0 heterocycles. The molecule has 16 heavy (non-hydrogen) atoms. The first kappa shape index (κ1) is 12.6. The van der Waals surface area contributed by atoms with Crippen molar-refractivity contribution in [3.8, 4) is 0 Å². The normalized spacial score (nSPS) is 13.5. The number of nitrogens with two attached hydrogens (primary N) is 1. The second-order valence-corrected chi connectivity index (χ2v) is 4.55. The Morgan fingerprint density at radius 1 is 1.56 bits per heavy atom. The smallest absolute Gasteiger partial charge is 0.309 e. The van der Waals surface area contributed by atoms with Gasteiger partial charge in [-0.3, -0.25) is 4.79 Å². The number of carboxylic acid groups (broad SMARTS) is 1. The third kappa shape index (κ3) is 3.03. The van der Waals surface area contributed by atoms with Crippen LogP contribution in [0.4, 0.5) is 4.39 Å². The van der Waals surface area contributed by atoms with E-state index in [0.717, 1.165) is 0 Å². The number of hydrogen-bond acceptors (Lipinski definition) is 2. The first-order valence-electron chi connectivity index (χ1n) is 5.07. The molecule has 0 bridgehead atoms. The molecule has 0 aliphatic heterocycles. The maximum absolute atomic E-state index is 12.9. The predicted molar refractivity (Wildman–Crippen MR) is 59.4 cm³/mol. The molecule has 0 radical (unpaired) electrons. The van der Waals surface area contributed by atoms with E-state index in [1.165, 1.54) is 12.1 Å². The summed E-state index contributed by atoms with van der Waals surface area (Å²) < 4.78 is 12.9. The minimum Gasteiger partial charge on any atom is -0.481 e. The maximum Gasteiger partial charge on any atom is 0.309 e. The van der Waals surface area contributed by atoms with Gasteiger partial charge in [-0.15, -0.1) is 0 Å². The lowest BCUT2D eigenvalue weighted by atomic mass is 9.84. The molecular weight excluding hydrogens is 209 g/mol. The van der Waals surface area contributed by atoms with Crippen LogP contribution < -0.4 is 5.73 Å². The van der Waals surface area contributed by atoms with E-state index in [2.05, 4.69) is 0 Å². The van der Waals surface area contributed by atoms with E-state index in [1.807, 2.05) is 0 Å². The van der Waals surface area contributed by atoms with Crippen molar-refractivity contribution in [2.45, 2.75) is 26.3 Å². The lowest BCUT2D eigenvalue weighted by Gasteiger charge is -2.23. The van der Waals surface area contributed by atoms with Gasteiger partial charge in [-0.05, 0) is 38.0 Å². The molecule has 1 rings (SSSR count). The Morgan fingerprint density at radius 3 is 2.69 bits per heavy atom. The number of hydrogen-bond donors (Lipinski definition) is 2. The number of rotatable bonds is 4. The second-order valence-electron chi connectivity index (χ2n) is 4.55. The van der Waals surface area contributed by atoms with Crippen LogP contribution in [-0.2, 0) is 4.79 Å². The van der Waals surface area contributed by atoms with Gasteiger partial charge in [0.1, 0.15) is 5.82 Å². The highest BCUT2D eigenvalue weighted by atomic mass is 19.1. The van der Waals surface area contributed by atoms with Gasteiger partial charge >= 0.3 is 5.97 Å². The molecule has 1 aromatic carbocycles. The molecule has 0 aliphatic rings. The predicted octanol–water partition coefficient (Wildman–Crippen LogP) is 2.33. The van der Waals surface area contributed by atoms with Gasteiger partial charge in [-0.2, -0.15) is 0 Å². The molecular formula is C12H16FNO2. The summed E-state index contributed by atoms with van der Waals surface area (Å²) in [6.45, 7) is 3.21. The van der Waals surface area contributed by atoms with Crippen LogP contribution in [0.25, 0.3) is 0 Å². The second kappa shape index (κ2) is 4.61. The number of carboxylic acids is 1. The molecule has 3 nitrogen and oxygen atoms in total. The molecule has 0 amide bonds. The van der Waals surface area contributed by atoms with Crippen LogP contribution in [0.1, 0.15) is 31.9 Å². The van der Waals surface area contributed by atoms with Crippen molar-refractivity contribution >= 4 is 5.97 Å². The fourth-order valence-corrected chi connectivity index (χ4v) is 1.49. The zero-order valence-corrected chi connectivity index (χ0v) is 9.40. The van der Waals surface area contributed by atoms with Crippen LogP contribution >= 0.6 is 0 Å². The molecule has 1 atom stereocenters. The van der Waals surface area contributed by atoms with Crippen molar-refractivity contribution in [1.82, 2.24) is 0 Å². The van der Waals surface area contributed by atoms with Gasteiger partial charge in [0.25, 0.3) is 0 Å². The molecule has 3 N–H and O–H groups in total. The van der Waals surface area contributed by atoms with Crippen molar-refractivity contribution in [1.29, 1.82) is 0 Å². The average molecular weight is 225 g/mol. The molecule has 88 valence electrons. The van der Waals surface area contributed by atoms with Gasteiger partial charge in [-0.25, -0.2) is 4.39 Å². The third-order valence-corrected chi connectivity index (χ3v) is 2.59. The summed E-state index contributed by atoms with van der Waals surface area (Å²) in [5, 5.41) is 8.96. The Bertz CT molecular complexity index is 390. The van der Waals surface area contributed by atoms with Crippen molar-refractivity contribution in [2.24, 2.45) is 11.1 Å². The summed E-state index contributed by atoms with van der Waals surface area (Å²) in [7, 11) is 0. The molecule has 1 aromatic rings. The number of carbonyl (C=O) groups is 1. The Balaban J connectivity index is 2.80. The Kier molecular flexibility index (Phi) is 3.65. The molecule has 0 spiro atoms. The topological polar surface area (TPSA) is 63.3 Å². The Hall–Kier alpha value is -1.42. The van der Waals surface area contributed by atoms with Crippen LogP contribution in [0, 0.1) is 11.2 Å².